The van der Waals surface area contributed by atoms with E-state index in [4.69, 9.17) is 0 Å². The summed E-state index contributed by atoms with van der Waals surface area (Å²) in [6.07, 6.45) is 4.82. The smallest absolute Gasteiger partial charge is 0.0497 e. The van der Waals surface area contributed by atoms with Crippen molar-refractivity contribution in [3.8, 4) is 11.3 Å². The van der Waals surface area contributed by atoms with E-state index in [0.717, 1.165) is 39.1 Å². The molecule has 0 saturated carbocycles. The summed E-state index contributed by atoms with van der Waals surface area (Å²) in [5.74, 6) is 0. The Morgan fingerprint density at radius 2 is 1.52 bits per heavy atom. The van der Waals surface area contributed by atoms with E-state index in [1.165, 1.54) is 33.4 Å². The van der Waals surface area contributed by atoms with Crippen molar-refractivity contribution in [2.45, 2.75) is 6.42 Å². The lowest BCUT2D eigenvalue weighted by Gasteiger charge is -2.36. The van der Waals surface area contributed by atoms with Crippen LogP contribution in [0.2, 0.25) is 0 Å². The van der Waals surface area contributed by atoms with Crippen LogP contribution in [0.1, 0.15) is 5.56 Å². The minimum absolute atomic E-state index is 1.06. The first kappa shape index (κ1) is 18.0. The second-order valence-corrected chi connectivity index (χ2v) is 7.67. The zero-order valence-corrected chi connectivity index (χ0v) is 16.6. The number of H-pyrrole nitrogens is 1. The lowest BCUT2D eigenvalue weighted by Crippen LogP contribution is -2.47. The summed E-state index contributed by atoms with van der Waals surface area (Å²) in [6, 6.07) is 23.6. The lowest BCUT2D eigenvalue weighted by molar-refractivity contribution is 0.261. The van der Waals surface area contributed by atoms with Crippen molar-refractivity contribution >= 4 is 16.6 Å². The standard InChI is InChI=1S/C25H26N4/c1-2-6-20(7-3-1)25-23(22-8-4-5-9-24(22)27-25)12-15-28-16-18-29(19-17-28)21-10-13-26-14-11-21/h1-11,13-14,27H,12,15-19H2. The molecule has 1 aliphatic rings. The quantitative estimate of drug-likeness (QED) is 0.548. The van der Waals surface area contributed by atoms with Gasteiger partial charge in [-0.15, -0.1) is 0 Å². The summed E-state index contributed by atoms with van der Waals surface area (Å²) in [4.78, 5) is 12.8. The van der Waals surface area contributed by atoms with Crippen molar-refractivity contribution in [1.29, 1.82) is 0 Å². The Morgan fingerprint density at radius 3 is 2.31 bits per heavy atom. The van der Waals surface area contributed by atoms with Gasteiger partial charge in [-0.05, 0) is 35.7 Å². The van der Waals surface area contributed by atoms with Crippen molar-refractivity contribution in [2.24, 2.45) is 0 Å². The van der Waals surface area contributed by atoms with Crippen LogP contribution in [0, 0.1) is 0 Å². The number of nitrogens with zero attached hydrogens (tertiary/aromatic N) is 3. The molecule has 0 aliphatic carbocycles. The summed E-state index contributed by atoms with van der Waals surface area (Å²) >= 11 is 0. The summed E-state index contributed by atoms with van der Waals surface area (Å²) in [6.45, 7) is 5.44. The molecule has 29 heavy (non-hydrogen) atoms. The number of fused-ring (bicyclic) bond motifs is 1. The molecule has 1 saturated heterocycles. The van der Waals surface area contributed by atoms with E-state index in [9.17, 15) is 0 Å². The first-order valence-corrected chi connectivity index (χ1v) is 10.4. The zero-order chi connectivity index (χ0) is 19.5. The van der Waals surface area contributed by atoms with E-state index in [2.05, 4.69) is 86.5 Å². The van der Waals surface area contributed by atoms with Crippen molar-refractivity contribution in [3.63, 3.8) is 0 Å². The Morgan fingerprint density at radius 1 is 0.793 bits per heavy atom. The highest BCUT2D eigenvalue weighted by Crippen LogP contribution is 2.31. The van der Waals surface area contributed by atoms with Crippen molar-refractivity contribution in [3.05, 3.63) is 84.7 Å². The van der Waals surface area contributed by atoms with Gasteiger partial charge in [0.1, 0.15) is 0 Å². The topological polar surface area (TPSA) is 35.2 Å². The van der Waals surface area contributed by atoms with E-state index < -0.39 is 0 Å². The van der Waals surface area contributed by atoms with E-state index >= 15 is 0 Å². The second-order valence-electron chi connectivity index (χ2n) is 7.67. The van der Waals surface area contributed by atoms with Crippen molar-refractivity contribution < 1.29 is 0 Å². The molecule has 4 nitrogen and oxygen atoms in total. The predicted octanol–water partition coefficient (Wildman–Crippen LogP) is 4.59. The molecule has 4 aromatic rings. The SMILES string of the molecule is c1ccc(-c2[nH]c3ccccc3c2CCN2CCN(c3ccncc3)CC2)cc1. The zero-order valence-electron chi connectivity index (χ0n) is 16.6. The minimum Gasteiger partial charge on any atom is -0.369 e. The first-order valence-electron chi connectivity index (χ1n) is 10.4. The minimum atomic E-state index is 1.06. The number of para-hydroxylation sites is 1. The fourth-order valence-electron chi connectivity index (χ4n) is 4.37. The predicted molar refractivity (Wildman–Crippen MR) is 120 cm³/mol. The Labute approximate surface area is 171 Å². The van der Waals surface area contributed by atoms with Crippen molar-refractivity contribution in [2.75, 3.05) is 37.6 Å². The van der Waals surface area contributed by atoms with E-state index in [-0.39, 0.29) is 0 Å². The van der Waals surface area contributed by atoms with Crippen LogP contribution in [-0.2, 0) is 6.42 Å². The molecule has 0 atom stereocenters. The van der Waals surface area contributed by atoms with Gasteiger partial charge in [-0.25, -0.2) is 0 Å². The monoisotopic (exact) mass is 382 g/mol. The molecule has 2 aromatic heterocycles. The van der Waals surface area contributed by atoms with Crippen LogP contribution in [0.25, 0.3) is 22.2 Å². The van der Waals surface area contributed by atoms with Gasteiger partial charge >= 0.3 is 0 Å². The van der Waals surface area contributed by atoms with Crippen LogP contribution >= 0.6 is 0 Å². The third kappa shape index (κ3) is 3.76. The molecular weight excluding hydrogens is 356 g/mol. The number of pyridine rings is 1. The highest BCUT2D eigenvalue weighted by Gasteiger charge is 2.19. The van der Waals surface area contributed by atoms with Crippen LogP contribution in [0.5, 0.6) is 0 Å². The second kappa shape index (κ2) is 8.10. The highest BCUT2D eigenvalue weighted by molar-refractivity contribution is 5.90. The molecule has 3 heterocycles. The number of anilines is 1. The van der Waals surface area contributed by atoms with Gasteiger partial charge in [0.25, 0.3) is 0 Å². The summed E-state index contributed by atoms with van der Waals surface area (Å²) in [5, 5.41) is 1.35. The Bertz CT molecular complexity index is 1060. The number of nitrogens with one attached hydrogen (secondary N) is 1. The summed E-state index contributed by atoms with van der Waals surface area (Å²) in [7, 11) is 0. The maximum Gasteiger partial charge on any atom is 0.0497 e. The average molecular weight is 383 g/mol. The van der Waals surface area contributed by atoms with Gasteiger partial charge in [0.15, 0.2) is 0 Å². The first-order chi connectivity index (χ1) is 14.4. The highest BCUT2D eigenvalue weighted by atomic mass is 15.3. The molecule has 2 aromatic carbocycles. The van der Waals surface area contributed by atoms with Gasteiger partial charge in [0.2, 0.25) is 0 Å². The Hall–Kier alpha value is -3.11. The third-order valence-electron chi connectivity index (χ3n) is 5.95. The summed E-state index contributed by atoms with van der Waals surface area (Å²) < 4.78 is 0. The Kier molecular flexibility index (Phi) is 5.01. The number of aromatic amines is 1. The molecule has 0 radical (unpaired) electrons. The molecule has 0 amide bonds. The van der Waals surface area contributed by atoms with Gasteiger partial charge in [-0.1, -0.05) is 48.5 Å². The molecule has 0 unspecified atom stereocenters. The molecule has 4 heteroatoms. The molecule has 1 N–H and O–H groups in total. The van der Waals surface area contributed by atoms with Crippen LogP contribution < -0.4 is 4.90 Å². The average Bonchev–Trinajstić information content (AvgIpc) is 3.18. The summed E-state index contributed by atoms with van der Waals surface area (Å²) in [5.41, 5.74) is 6.47. The number of rotatable bonds is 5. The molecule has 0 spiro atoms. The Balaban J connectivity index is 1.31. The number of hydrogen-bond acceptors (Lipinski definition) is 3. The van der Waals surface area contributed by atoms with Crippen LogP contribution in [0.15, 0.2) is 79.1 Å². The lowest BCUT2D eigenvalue weighted by atomic mass is 10.0. The van der Waals surface area contributed by atoms with Gasteiger partial charge < -0.3 is 9.88 Å². The largest absolute Gasteiger partial charge is 0.369 e. The number of piperazine rings is 1. The molecular formula is C25H26N4. The molecule has 1 aliphatic heterocycles. The fourth-order valence-corrected chi connectivity index (χ4v) is 4.37. The van der Waals surface area contributed by atoms with Gasteiger partial charge in [-0.3, -0.25) is 9.88 Å². The number of benzene rings is 2. The van der Waals surface area contributed by atoms with Crippen LogP contribution in [0.3, 0.4) is 0 Å². The fraction of sp³-hybridized carbons (Fsp3) is 0.240. The van der Waals surface area contributed by atoms with Crippen molar-refractivity contribution in [1.82, 2.24) is 14.9 Å². The third-order valence-corrected chi connectivity index (χ3v) is 5.95. The molecule has 5 rings (SSSR count). The number of aromatic nitrogens is 2. The van der Waals surface area contributed by atoms with Gasteiger partial charge in [0.05, 0.1) is 0 Å². The normalized spacial score (nSPS) is 15.1. The van der Waals surface area contributed by atoms with Gasteiger partial charge in [0, 0.05) is 67.4 Å². The van der Waals surface area contributed by atoms with Crippen LogP contribution in [0.4, 0.5) is 5.69 Å². The molecule has 0 bridgehead atoms. The molecule has 146 valence electrons. The van der Waals surface area contributed by atoms with E-state index in [1.807, 2.05) is 12.4 Å². The maximum absolute atomic E-state index is 4.13. The molecule has 1 fully saturated rings. The van der Waals surface area contributed by atoms with Gasteiger partial charge in [-0.2, -0.15) is 0 Å². The van der Waals surface area contributed by atoms with E-state index in [1.54, 1.807) is 0 Å². The van der Waals surface area contributed by atoms with Crippen LogP contribution in [-0.4, -0.2) is 47.6 Å². The maximum atomic E-state index is 4.13. The number of hydrogen-bond donors (Lipinski definition) is 1. The van der Waals surface area contributed by atoms with E-state index in [0.29, 0.717) is 0 Å².